The molecule has 2 unspecified atom stereocenters. The molecule has 0 saturated carbocycles. The van der Waals surface area contributed by atoms with Gasteiger partial charge in [0, 0.05) is 36.8 Å². The van der Waals surface area contributed by atoms with Gasteiger partial charge in [-0.15, -0.1) is 0 Å². The van der Waals surface area contributed by atoms with E-state index in [2.05, 4.69) is 5.32 Å². The quantitative estimate of drug-likeness (QED) is 0.602. The molecule has 0 radical (unpaired) electrons. The van der Waals surface area contributed by atoms with E-state index >= 15 is 0 Å². The number of anilines is 2. The maximum Gasteiger partial charge on any atom is 0.314 e. The first-order chi connectivity index (χ1) is 14.7. The molecule has 2 aliphatic heterocycles. The summed E-state index contributed by atoms with van der Waals surface area (Å²) in [6.45, 7) is 3.54. The Kier molecular flexibility index (Phi) is 5.31. The lowest BCUT2D eigenvalue weighted by Gasteiger charge is -2.25. The number of nitrogens with one attached hydrogen (secondary N) is 1. The highest BCUT2D eigenvalue weighted by Crippen LogP contribution is 2.34. The lowest BCUT2D eigenvalue weighted by Crippen LogP contribution is -2.32. The molecule has 0 saturated heterocycles. The zero-order chi connectivity index (χ0) is 22.3. The average molecular weight is 424 g/mol. The first-order valence-corrected chi connectivity index (χ1v) is 9.99. The van der Waals surface area contributed by atoms with E-state index in [4.69, 9.17) is 4.74 Å². The summed E-state index contributed by atoms with van der Waals surface area (Å²) in [5.74, 6) is -3.02. The Labute approximate surface area is 178 Å². The molecule has 2 aromatic carbocycles. The number of rotatable bonds is 4. The number of benzene rings is 2. The van der Waals surface area contributed by atoms with Gasteiger partial charge in [-0.25, -0.2) is 4.39 Å². The predicted octanol–water partition coefficient (Wildman–Crippen LogP) is 2.98. The van der Waals surface area contributed by atoms with E-state index < -0.39 is 29.7 Å². The lowest BCUT2D eigenvalue weighted by molar-refractivity contribution is -0.149. The molecule has 160 valence electrons. The fourth-order valence-electron chi connectivity index (χ4n) is 4.07. The number of ketones is 1. The standard InChI is InChI=1S/C23H21FN2O5/c1-12(22(29)15-3-6-20-14(9-15)7-8-26(20)13(2)27)31-23(30)18-11-21(28)25-19-10-16(24)4-5-17(18)19/h3-6,9-10,12,18H,7-8,11H2,1-2H3,(H,25,28). The summed E-state index contributed by atoms with van der Waals surface area (Å²) in [6.07, 6.45) is -0.558. The van der Waals surface area contributed by atoms with Gasteiger partial charge in [-0.05, 0) is 54.8 Å². The third-order valence-corrected chi connectivity index (χ3v) is 5.64. The number of esters is 1. The number of amides is 2. The number of fused-ring (bicyclic) bond motifs is 2. The van der Waals surface area contributed by atoms with E-state index in [1.165, 1.54) is 26.0 Å². The summed E-state index contributed by atoms with van der Waals surface area (Å²) < 4.78 is 18.9. The van der Waals surface area contributed by atoms with Gasteiger partial charge >= 0.3 is 5.97 Å². The minimum atomic E-state index is -1.07. The van der Waals surface area contributed by atoms with Crippen molar-refractivity contribution in [2.45, 2.75) is 38.7 Å². The number of carbonyl (C=O) groups excluding carboxylic acids is 4. The van der Waals surface area contributed by atoms with Crippen LogP contribution in [0, 0.1) is 5.82 Å². The van der Waals surface area contributed by atoms with Gasteiger partial charge in [-0.1, -0.05) is 6.07 Å². The van der Waals surface area contributed by atoms with Crippen molar-refractivity contribution in [1.29, 1.82) is 0 Å². The fraction of sp³-hybridized carbons (Fsp3) is 0.304. The van der Waals surface area contributed by atoms with Crippen LogP contribution in [0.4, 0.5) is 15.8 Å². The molecule has 0 bridgehead atoms. The Hall–Kier alpha value is -3.55. The second-order valence-electron chi connectivity index (χ2n) is 7.74. The van der Waals surface area contributed by atoms with Gasteiger partial charge in [0.05, 0.1) is 5.92 Å². The highest BCUT2D eigenvalue weighted by atomic mass is 19.1. The Morgan fingerprint density at radius 2 is 1.97 bits per heavy atom. The van der Waals surface area contributed by atoms with Crippen LogP contribution in [0.25, 0.3) is 0 Å². The molecule has 2 heterocycles. The van der Waals surface area contributed by atoms with Gasteiger partial charge in [-0.3, -0.25) is 19.2 Å². The minimum absolute atomic E-state index is 0.0585. The number of Topliss-reactive ketones (excluding diaryl/α,β-unsaturated/α-hetero) is 1. The van der Waals surface area contributed by atoms with Crippen LogP contribution in [-0.2, 0) is 25.5 Å². The first-order valence-electron chi connectivity index (χ1n) is 9.99. The zero-order valence-corrected chi connectivity index (χ0v) is 17.1. The van der Waals surface area contributed by atoms with Crippen LogP contribution >= 0.6 is 0 Å². The maximum atomic E-state index is 13.5. The second-order valence-corrected chi connectivity index (χ2v) is 7.74. The number of carbonyl (C=O) groups is 4. The van der Waals surface area contributed by atoms with Crippen molar-refractivity contribution in [3.63, 3.8) is 0 Å². The van der Waals surface area contributed by atoms with Gasteiger partial charge in [-0.2, -0.15) is 0 Å². The molecule has 2 atom stereocenters. The highest BCUT2D eigenvalue weighted by molar-refractivity contribution is 6.03. The van der Waals surface area contributed by atoms with Gasteiger partial charge in [0.15, 0.2) is 6.10 Å². The van der Waals surface area contributed by atoms with Crippen LogP contribution < -0.4 is 10.2 Å². The Bertz CT molecular complexity index is 1110. The normalized spacial score (nSPS) is 18.0. The zero-order valence-electron chi connectivity index (χ0n) is 17.1. The summed E-state index contributed by atoms with van der Waals surface area (Å²) in [7, 11) is 0. The molecular weight excluding hydrogens is 403 g/mol. The van der Waals surface area contributed by atoms with Gasteiger partial charge < -0.3 is 15.0 Å². The average Bonchev–Trinajstić information content (AvgIpc) is 3.15. The van der Waals surface area contributed by atoms with Gasteiger partial charge in [0.1, 0.15) is 5.82 Å². The molecule has 0 spiro atoms. The fourth-order valence-corrected chi connectivity index (χ4v) is 4.07. The van der Waals surface area contributed by atoms with E-state index in [1.807, 2.05) is 0 Å². The molecule has 2 aromatic rings. The largest absolute Gasteiger partial charge is 0.454 e. The molecular formula is C23H21FN2O5. The van der Waals surface area contributed by atoms with Crippen LogP contribution in [0.5, 0.6) is 0 Å². The minimum Gasteiger partial charge on any atom is -0.454 e. The number of hydrogen-bond acceptors (Lipinski definition) is 5. The SMILES string of the molecule is CC(=O)N1CCc2cc(C(=O)C(C)OC(=O)C3CC(=O)Nc4cc(F)ccc43)ccc21. The van der Waals surface area contributed by atoms with Gasteiger partial charge in [0.25, 0.3) is 0 Å². The molecule has 4 rings (SSSR count). The van der Waals surface area contributed by atoms with Crippen LogP contribution in [0.1, 0.15) is 47.7 Å². The molecule has 0 aromatic heterocycles. The topological polar surface area (TPSA) is 92.8 Å². The Morgan fingerprint density at radius 1 is 1.19 bits per heavy atom. The van der Waals surface area contributed by atoms with Crippen molar-refractivity contribution >= 4 is 34.9 Å². The number of hydrogen-bond donors (Lipinski definition) is 1. The van der Waals surface area contributed by atoms with E-state index in [0.717, 1.165) is 17.3 Å². The van der Waals surface area contributed by atoms with Crippen molar-refractivity contribution in [2.75, 3.05) is 16.8 Å². The molecule has 2 aliphatic rings. The van der Waals surface area contributed by atoms with Crippen LogP contribution in [0.15, 0.2) is 36.4 Å². The van der Waals surface area contributed by atoms with Crippen molar-refractivity contribution < 1.29 is 28.3 Å². The summed E-state index contributed by atoms with van der Waals surface area (Å²) in [5.41, 5.74) is 2.73. The highest BCUT2D eigenvalue weighted by Gasteiger charge is 2.34. The van der Waals surface area contributed by atoms with Crippen molar-refractivity contribution in [1.82, 2.24) is 0 Å². The van der Waals surface area contributed by atoms with E-state index in [9.17, 15) is 23.6 Å². The van der Waals surface area contributed by atoms with E-state index in [-0.39, 0.29) is 23.8 Å². The summed E-state index contributed by atoms with van der Waals surface area (Å²) in [6, 6.07) is 8.84. The second kappa shape index (κ2) is 7.94. The Morgan fingerprint density at radius 3 is 2.71 bits per heavy atom. The predicted molar refractivity (Wildman–Crippen MR) is 110 cm³/mol. The molecule has 8 heteroatoms. The van der Waals surface area contributed by atoms with Crippen LogP contribution in [0.2, 0.25) is 0 Å². The summed E-state index contributed by atoms with van der Waals surface area (Å²) >= 11 is 0. The molecule has 7 nitrogen and oxygen atoms in total. The van der Waals surface area contributed by atoms with Crippen LogP contribution in [0.3, 0.4) is 0 Å². The number of ether oxygens (including phenoxy) is 1. The summed E-state index contributed by atoms with van der Waals surface area (Å²) in [5, 5.41) is 2.54. The van der Waals surface area contributed by atoms with Crippen molar-refractivity contribution in [3.05, 3.63) is 58.9 Å². The monoisotopic (exact) mass is 424 g/mol. The third-order valence-electron chi connectivity index (χ3n) is 5.64. The first kappa shape index (κ1) is 20.7. The molecule has 1 N–H and O–H groups in total. The molecule has 0 fully saturated rings. The van der Waals surface area contributed by atoms with Crippen molar-refractivity contribution in [3.8, 4) is 0 Å². The van der Waals surface area contributed by atoms with Crippen molar-refractivity contribution in [2.24, 2.45) is 0 Å². The Balaban J connectivity index is 1.49. The lowest BCUT2D eigenvalue weighted by atomic mass is 9.90. The molecule has 0 aliphatic carbocycles. The third kappa shape index (κ3) is 3.93. The maximum absolute atomic E-state index is 13.5. The molecule has 2 amide bonds. The smallest absolute Gasteiger partial charge is 0.314 e. The molecule has 31 heavy (non-hydrogen) atoms. The van der Waals surface area contributed by atoms with E-state index in [1.54, 1.807) is 23.1 Å². The number of halogens is 1. The van der Waals surface area contributed by atoms with Crippen LogP contribution in [-0.4, -0.2) is 36.2 Å². The van der Waals surface area contributed by atoms with E-state index in [0.29, 0.717) is 24.1 Å². The van der Waals surface area contributed by atoms with Gasteiger partial charge in [0.2, 0.25) is 17.6 Å². The summed E-state index contributed by atoms with van der Waals surface area (Å²) in [4.78, 5) is 50.9. The number of nitrogens with zero attached hydrogens (tertiary/aromatic N) is 1.